The number of likely N-dealkylation sites (tertiary alicyclic amines) is 1. The fourth-order valence-electron chi connectivity index (χ4n) is 3.13. The number of aliphatic hydroxyl groups excluding tert-OH is 1. The van der Waals surface area contributed by atoms with Gasteiger partial charge in [0.1, 0.15) is 5.75 Å². The van der Waals surface area contributed by atoms with Crippen LogP contribution in [0.1, 0.15) is 12.8 Å². The van der Waals surface area contributed by atoms with Gasteiger partial charge in [0.15, 0.2) is 0 Å². The van der Waals surface area contributed by atoms with E-state index in [1.807, 2.05) is 48.5 Å². The lowest BCUT2D eigenvalue weighted by Crippen LogP contribution is -2.43. The summed E-state index contributed by atoms with van der Waals surface area (Å²) in [5, 5.41) is 12.2. The number of piperidine rings is 1. The molecule has 0 radical (unpaired) electrons. The molecule has 2 aromatic carbocycles. The molecular weight excluding hydrogens is 316 g/mol. The molecule has 1 unspecified atom stereocenters. The van der Waals surface area contributed by atoms with Gasteiger partial charge in [-0.1, -0.05) is 24.3 Å². The van der Waals surface area contributed by atoms with E-state index < -0.39 is 0 Å². The maximum absolute atomic E-state index is 12.4. The van der Waals surface area contributed by atoms with Crippen molar-refractivity contribution >= 4 is 11.7 Å². The summed E-state index contributed by atoms with van der Waals surface area (Å²) in [6.45, 7) is 1.50. The van der Waals surface area contributed by atoms with Crippen molar-refractivity contribution in [2.45, 2.75) is 12.8 Å². The van der Waals surface area contributed by atoms with Crippen LogP contribution in [0.4, 0.5) is 10.5 Å². The molecule has 1 saturated heterocycles. The third-order valence-electron chi connectivity index (χ3n) is 4.62. The highest BCUT2D eigenvalue weighted by Crippen LogP contribution is 2.24. The molecule has 0 spiro atoms. The Morgan fingerprint density at radius 2 is 1.80 bits per heavy atom. The molecule has 3 rings (SSSR count). The Labute approximate surface area is 148 Å². The number of nitrogens with one attached hydrogen (secondary N) is 1. The molecule has 0 saturated carbocycles. The molecule has 1 aliphatic rings. The highest BCUT2D eigenvalue weighted by atomic mass is 16.5. The van der Waals surface area contributed by atoms with Gasteiger partial charge >= 0.3 is 6.03 Å². The summed E-state index contributed by atoms with van der Waals surface area (Å²) < 4.78 is 5.17. The molecule has 2 aromatic rings. The van der Waals surface area contributed by atoms with Crippen LogP contribution in [0.2, 0.25) is 0 Å². The number of hydrogen-bond donors (Lipinski definition) is 2. The molecule has 132 valence electrons. The lowest BCUT2D eigenvalue weighted by atomic mass is 9.99. The Morgan fingerprint density at radius 1 is 1.16 bits per heavy atom. The van der Waals surface area contributed by atoms with E-state index in [4.69, 9.17) is 4.74 Å². The Balaban J connectivity index is 1.62. The largest absolute Gasteiger partial charge is 0.497 e. The van der Waals surface area contributed by atoms with Crippen LogP contribution in [-0.2, 0) is 0 Å². The van der Waals surface area contributed by atoms with Gasteiger partial charge in [0.25, 0.3) is 0 Å². The standard InChI is InChI=1S/C20H24N2O3/c1-25-19-10-6-17(7-11-19)16-4-8-18(9-5-16)21-20(24)22-12-2-3-15(13-22)14-23/h4-11,15,23H,2-3,12-14H2,1H3,(H,21,24). The highest BCUT2D eigenvalue weighted by Gasteiger charge is 2.23. The zero-order valence-corrected chi connectivity index (χ0v) is 14.4. The number of rotatable bonds is 4. The number of amides is 2. The Hall–Kier alpha value is -2.53. The molecule has 1 atom stereocenters. The third-order valence-corrected chi connectivity index (χ3v) is 4.62. The first-order chi connectivity index (χ1) is 12.2. The van der Waals surface area contributed by atoms with Gasteiger partial charge < -0.3 is 20.1 Å². The molecule has 1 fully saturated rings. The van der Waals surface area contributed by atoms with Crippen molar-refractivity contribution in [1.82, 2.24) is 4.90 Å². The summed E-state index contributed by atoms with van der Waals surface area (Å²) in [6, 6.07) is 15.6. The maximum atomic E-state index is 12.4. The lowest BCUT2D eigenvalue weighted by Gasteiger charge is -2.31. The molecule has 5 heteroatoms. The molecule has 5 nitrogen and oxygen atoms in total. The zero-order chi connectivity index (χ0) is 17.6. The van der Waals surface area contributed by atoms with Crippen molar-refractivity contribution in [1.29, 1.82) is 0 Å². The molecular formula is C20H24N2O3. The van der Waals surface area contributed by atoms with Crippen LogP contribution in [0.3, 0.4) is 0 Å². The number of ether oxygens (including phenoxy) is 1. The Morgan fingerprint density at radius 3 is 2.40 bits per heavy atom. The van der Waals surface area contributed by atoms with Crippen LogP contribution < -0.4 is 10.1 Å². The normalized spacial score (nSPS) is 17.2. The minimum atomic E-state index is -0.102. The predicted octanol–water partition coefficient (Wildman–Crippen LogP) is 3.60. The smallest absolute Gasteiger partial charge is 0.321 e. The summed E-state index contributed by atoms with van der Waals surface area (Å²) >= 11 is 0. The predicted molar refractivity (Wildman–Crippen MR) is 98.8 cm³/mol. The maximum Gasteiger partial charge on any atom is 0.321 e. The zero-order valence-electron chi connectivity index (χ0n) is 14.4. The average molecular weight is 340 g/mol. The number of anilines is 1. The summed E-state index contributed by atoms with van der Waals surface area (Å²) in [5.74, 6) is 1.02. The van der Waals surface area contributed by atoms with Gasteiger partial charge in [0, 0.05) is 25.4 Å². The van der Waals surface area contributed by atoms with Crippen molar-refractivity contribution in [3.05, 3.63) is 48.5 Å². The van der Waals surface area contributed by atoms with E-state index in [0.717, 1.165) is 42.0 Å². The van der Waals surface area contributed by atoms with Crippen molar-refractivity contribution in [3.63, 3.8) is 0 Å². The molecule has 0 aliphatic carbocycles. The molecule has 25 heavy (non-hydrogen) atoms. The number of hydrogen-bond acceptors (Lipinski definition) is 3. The molecule has 1 heterocycles. The highest BCUT2D eigenvalue weighted by molar-refractivity contribution is 5.89. The molecule has 0 aromatic heterocycles. The number of methoxy groups -OCH3 is 1. The van der Waals surface area contributed by atoms with E-state index >= 15 is 0 Å². The van der Waals surface area contributed by atoms with Crippen LogP contribution >= 0.6 is 0 Å². The van der Waals surface area contributed by atoms with E-state index in [-0.39, 0.29) is 18.6 Å². The first-order valence-electron chi connectivity index (χ1n) is 8.61. The van der Waals surface area contributed by atoms with Crippen LogP contribution in [0.25, 0.3) is 11.1 Å². The number of urea groups is 1. The first kappa shape index (κ1) is 17.3. The summed E-state index contributed by atoms with van der Waals surface area (Å²) in [6.07, 6.45) is 1.92. The first-order valence-corrected chi connectivity index (χ1v) is 8.61. The second-order valence-corrected chi connectivity index (χ2v) is 6.37. The summed E-state index contributed by atoms with van der Waals surface area (Å²) in [5.41, 5.74) is 2.95. The lowest BCUT2D eigenvalue weighted by molar-refractivity contribution is 0.136. The summed E-state index contributed by atoms with van der Waals surface area (Å²) in [4.78, 5) is 14.2. The van der Waals surface area contributed by atoms with Gasteiger partial charge in [0.05, 0.1) is 7.11 Å². The second-order valence-electron chi connectivity index (χ2n) is 6.37. The molecule has 1 aliphatic heterocycles. The molecule has 2 amide bonds. The van der Waals surface area contributed by atoms with E-state index in [0.29, 0.717) is 6.54 Å². The minimum Gasteiger partial charge on any atom is -0.497 e. The van der Waals surface area contributed by atoms with Gasteiger partial charge in [-0.2, -0.15) is 0 Å². The number of carbonyl (C=O) groups is 1. The van der Waals surface area contributed by atoms with E-state index in [9.17, 15) is 9.90 Å². The topological polar surface area (TPSA) is 61.8 Å². The molecule has 0 bridgehead atoms. The number of benzene rings is 2. The number of nitrogens with zero attached hydrogens (tertiary/aromatic N) is 1. The minimum absolute atomic E-state index is 0.102. The van der Waals surface area contributed by atoms with Gasteiger partial charge in [-0.05, 0) is 54.2 Å². The van der Waals surface area contributed by atoms with Crippen LogP contribution in [-0.4, -0.2) is 42.8 Å². The average Bonchev–Trinajstić information content (AvgIpc) is 2.68. The Kier molecular flexibility index (Phi) is 5.56. The Bertz CT molecular complexity index is 698. The summed E-state index contributed by atoms with van der Waals surface area (Å²) in [7, 11) is 1.65. The van der Waals surface area contributed by atoms with Gasteiger partial charge in [0.2, 0.25) is 0 Å². The SMILES string of the molecule is COc1ccc(-c2ccc(NC(=O)N3CCCC(CO)C3)cc2)cc1. The molecule has 2 N–H and O–H groups in total. The fourth-order valence-corrected chi connectivity index (χ4v) is 3.13. The van der Waals surface area contributed by atoms with Crippen molar-refractivity contribution < 1.29 is 14.6 Å². The van der Waals surface area contributed by atoms with Gasteiger partial charge in [-0.3, -0.25) is 0 Å². The van der Waals surface area contributed by atoms with Crippen LogP contribution in [0.15, 0.2) is 48.5 Å². The fraction of sp³-hybridized carbons (Fsp3) is 0.350. The third kappa shape index (κ3) is 4.31. The van der Waals surface area contributed by atoms with Crippen LogP contribution in [0.5, 0.6) is 5.75 Å². The number of aliphatic hydroxyl groups is 1. The van der Waals surface area contributed by atoms with E-state index in [1.165, 1.54) is 0 Å². The second kappa shape index (κ2) is 8.03. The van der Waals surface area contributed by atoms with E-state index in [1.54, 1.807) is 12.0 Å². The van der Waals surface area contributed by atoms with Crippen molar-refractivity contribution in [2.75, 3.05) is 32.1 Å². The quantitative estimate of drug-likeness (QED) is 0.894. The monoisotopic (exact) mass is 340 g/mol. The number of carbonyl (C=O) groups excluding carboxylic acids is 1. The van der Waals surface area contributed by atoms with Gasteiger partial charge in [-0.25, -0.2) is 4.79 Å². The van der Waals surface area contributed by atoms with E-state index in [2.05, 4.69) is 5.32 Å². The van der Waals surface area contributed by atoms with Gasteiger partial charge in [-0.15, -0.1) is 0 Å². The van der Waals surface area contributed by atoms with Crippen molar-refractivity contribution in [2.24, 2.45) is 5.92 Å². The van der Waals surface area contributed by atoms with Crippen molar-refractivity contribution in [3.8, 4) is 16.9 Å². The van der Waals surface area contributed by atoms with Crippen LogP contribution in [0, 0.1) is 5.92 Å².